The summed E-state index contributed by atoms with van der Waals surface area (Å²) >= 11 is -35.4. The summed E-state index contributed by atoms with van der Waals surface area (Å²) in [6.45, 7) is 3.45. The Hall–Kier alpha value is 1.15. The third kappa shape index (κ3) is 52.9. The van der Waals surface area contributed by atoms with Gasteiger partial charge in [-0.05, 0) is 0 Å². The van der Waals surface area contributed by atoms with Gasteiger partial charge >= 0.3 is 273 Å². The average molecular weight is 1310 g/mol. The van der Waals surface area contributed by atoms with Gasteiger partial charge in [0.05, 0.1) is 0 Å². The van der Waals surface area contributed by atoms with E-state index in [1.54, 1.807) is 31.2 Å². The molecular formula is C12H22F6O19Sb6. The van der Waals surface area contributed by atoms with Crippen LogP contribution in [-0.2, 0) is 18.1 Å². The number of hydrogen-bond donors (Lipinski definition) is 12. The summed E-state index contributed by atoms with van der Waals surface area (Å²) in [5, 5.41) is 11.1. The molecule has 256 valence electrons. The molecule has 0 aromatic heterocycles. The van der Waals surface area contributed by atoms with E-state index in [4.69, 9.17) is 52.3 Å². The average Bonchev–Trinajstić information content (AvgIpc) is 2.62. The maximum atomic E-state index is 12.9. The number of halogens is 6. The van der Waals surface area contributed by atoms with Crippen molar-refractivity contribution in [3.8, 4) is 11.5 Å². The van der Waals surface area contributed by atoms with Crippen molar-refractivity contribution in [1.82, 2.24) is 0 Å². The first-order valence-corrected chi connectivity index (χ1v) is 34.6. The summed E-state index contributed by atoms with van der Waals surface area (Å²) in [6.07, 6.45) is 0. The molecule has 0 aliphatic heterocycles. The Balaban J connectivity index is -0.000000251. The Bertz CT molecular complexity index is 1280. The topological polar surface area (TPSA) is 354 Å². The third-order valence-electron chi connectivity index (χ3n) is 2.91. The number of benzene rings is 2. The normalized spacial score (nSPS) is 12.9. The Morgan fingerprint density at radius 2 is 0.744 bits per heavy atom. The van der Waals surface area contributed by atoms with Crippen LogP contribution in [0.3, 0.4) is 0 Å². The van der Waals surface area contributed by atoms with Crippen LogP contribution in [0.4, 0.5) is 16.9 Å². The van der Waals surface area contributed by atoms with Crippen LogP contribution in [0, 0.1) is 13.8 Å². The van der Waals surface area contributed by atoms with E-state index in [1.165, 1.54) is 0 Å². The van der Waals surface area contributed by atoms with Crippen LogP contribution in [0.5, 0.6) is 11.5 Å². The standard InChI is InChI=1S/C12H12O2.6FH.11H2O.6O.6Sb/c1-7-8(2)11(13)12(14)10-6-4-3-5-9(7)10;;;;;;;;;;;;;;;;;;;;;;;;;;;;;/h3-6,13-14H,1-2H3;6*1H;11*1H2;;;;;;;;;;;;/q;;;;;;;;;;;;;;;;;;;;;;;;6*+3/p-18. The molecule has 43 heavy (non-hydrogen) atoms. The summed E-state index contributed by atoms with van der Waals surface area (Å²) in [4.78, 5) is 0. The van der Waals surface area contributed by atoms with Gasteiger partial charge in [0.25, 0.3) is 0 Å². The number of aromatic hydroxyl groups is 1. The predicted octanol–water partition coefficient (Wildman–Crippen LogP) is -3.60. The van der Waals surface area contributed by atoms with Gasteiger partial charge in [-0.2, -0.15) is 0 Å². The Morgan fingerprint density at radius 1 is 0.512 bits per heavy atom. The first kappa shape index (κ1) is 51.0. The molecule has 2 aromatic carbocycles. The van der Waals surface area contributed by atoms with E-state index in [0.29, 0.717) is 10.9 Å². The van der Waals surface area contributed by atoms with E-state index in [9.17, 15) is 25.0 Å². The van der Waals surface area contributed by atoms with Crippen molar-refractivity contribution in [3.63, 3.8) is 0 Å². The molecule has 2 aromatic rings. The first-order valence-electron chi connectivity index (χ1n) is 9.00. The molecular weight excluding hydrogens is 1290 g/mol. The van der Waals surface area contributed by atoms with E-state index in [1.807, 2.05) is 6.92 Å². The summed E-state index contributed by atoms with van der Waals surface area (Å²) in [5.74, 6) is -0.563. The van der Waals surface area contributed by atoms with Gasteiger partial charge in [-0.3, -0.25) is 0 Å². The molecule has 2 rings (SSSR count). The monoisotopic (exact) mass is 1310 g/mol. The maximum absolute atomic E-state index is 12.9. The molecule has 0 saturated heterocycles. The SMILES string of the molecule is Cc1c(O)c([O][Sb](=[O])([OH])[F])c2ccccc2c1C.[O]=[Sb]([OH])([OH])[F].[O]=[Sb]([OH])([OH])[F].[O]=[Sb]([OH])([OH])[F].[O]=[Sb]([OH])([OH])[F].[O]=[Sb]([OH])([OH])[F]. The van der Waals surface area contributed by atoms with Gasteiger partial charge in [0, 0.05) is 0 Å². The van der Waals surface area contributed by atoms with Crippen LogP contribution in [0.25, 0.3) is 10.8 Å². The number of fused-ring (bicyclic) bond motifs is 1. The van der Waals surface area contributed by atoms with Gasteiger partial charge in [-0.1, -0.05) is 0 Å². The number of aryl methyl sites for hydroxylation is 1. The molecule has 0 aliphatic carbocycles. The minimum absolute atomic E-state index is 0.264. The van der Waals surface area contributed by atoms with Crippen molar-refractivity contribution < 1.29 is 80.3 Å². The molecule has 0 amide bonds. The first-order chi connectivity index (χ1) is 18.3. The molecule has 31 heteroatoms. The van der Waals surface area contributed by atoms with Gasteiger partial charge in [0.2, 0.25) is 0 Å². The fourth-order valence-corrected chi connectivity index (χ4v) is 3.06. The molecule has 0 radical (unpaired) electrons. The van der Waals surface area contributed by atoms with E-state index >= 15 is 0 Å². The van der Waals surface area contributed by atoms with Crippen LogP contribution in [0.15, 0.2) is 24.3 Å². The molecule has 0 saturated carbocycles. The van der Waals surface area contributed by atoms with Crippen LogP contribution >= 0.6 is 0 Å². The Morgan fingerprint density at radius 3 is 0.977 bits per heavy atom. The van der Waals surface area contributed by atoms with E-state index in [2.05, 4.69) is 3.02 Å². The van der Waals surface area contributed by atoms with Gasteiger partial charge in [0.1, 0.15) is 0 Å². The predicted molar refractivity (Wildman–Crippen MR) is 125 cm³/mol. The molecule has 19 nitrogen and oxygen atoms in total. The molecule has 12 N–H and O–H groups in total. The molecule has 1 atom stereocenters. The van der Waals surface area contributed by atoms with Gasteiger partial charge < -0.3 is 0 Å². The quantitative estimate of drug-likeness (QED) is 0.102. The second-order valence-corrected chi connectivity index (χ2v) is 23.0. The molecule has 0 bridgehead atoms. The van der Waals surface area contributed by atoms with Crippen molar-refractivity contribution >= 4 is 132 Å². The van der Waals surface area contributed by atoms with Gasteiger partial charge in [-0.15, -0.1) is 0 Å². The zero-order chi connectivity index (χ0) is 36.0. The molecule has 0 aliphatic rings. The van der Waals surface area contributed by atoms with Gasteiger partial charge in [0.15, 0.2) is 0 Å². The summed E-state index contributed by atoms with van der Waals surface area (Å²) in [6, 6.07) is 6.85. The molecule has 0 spiro atoms. The minimum atomic E-state index is -6.12. The number of phenols is 1. The van der Waals surface area contributed by atoms with Crippen molar-refractivity contribution in [3.05, 3.63) is 35.4 Å². The zero-order valence-corrected chi connectivity index (χ0v) is 35.8. The second-order valence-electron chi connectivity index (χ2n) is 6.38. The summed E-state index contributed by atoms with van der Waals surface area (Å²) in [5.41, 5.74) is 1.32. The second kappa shape index (κ2) is 21.2. The zero-order valence-electron chi connectivity index (χ0n) is 20.5. The number of rotatable bonds is 2. The Kier molecular flexibility index (Phi) is 25.1. The third-order valence-corrected chi connectivity index (χ3v) is 4.08. The van der Waals surface area contributed by atoms with Crippen molar-refractivity contribution in [2.24, 2.45) is 0 Å². The number of hydrogen-bond acceptors (Lipinski definition) is 8. The van der Waals surface area contributed by atoms with E-state index in [-0.39, 0.29) is 11.5 Å². The van der Waals surface area contributed by atoms with Crippen molar-refractivity contribution in [2.45, 2.75) is 13.8 Å². The van der Waals surface area contributed by atoms with Crippen LogP contribution < -0.4 is 3.02 Å². The van der Waals surface area contributed by atoms with Crippen molar-refractivity contribution in [2.75, 3.05) is 0 Å². The fourth-order valence-electron chi connectivity index (χ4n) is 1.89. The summed E-state index contributed by atoms with van der Waals surface area (Å²) < 4.78 is 203. The molecule has 0 fully saturated rings. The number of phenolic OH excluding ortho intramolecular Hbond substituents is 1. The van der Waals surface area contributed by atoms with Gasteiger partial charge in [-0.25, -0.2) is 0 Å². The molecule has 0 heterocycles. The van der Waals surface area contributed by atoms with Crippen LogP contribution in [0.2, 0.25) is 0 Å². The Labute approximate surface area is 269 Å². The van der Waals surface area contributed by atoms with E-state index in [0.717, 1.165) is 10.9 Å². The fraction of sp³-hybridized carbons (Fsp3) is 0.167. The molecule has 1 unspecified atom stereocenters. The van der Waals surface area contributed by atoms with Crippen molar-refractivity contribution in [1.29, 1.82) is 0 Å². The van der Waals surface area contributed by atoms with E-state index < -0.39 is 121 Å². The van der Waals surface area contributed by atoms with Crippen LogP contribution in [-0.4, -0.2) is 164 Å². The summed E-state index contributed by atoms with van der Waals surface area (Å²) in [7, 11) is 0. The van der Waals surface area contributed by atoms with Crippen LogP contribution in [0.1, 0.15) is 11.1 Å².